The Balaban J connectivity index is 1.81. The van der Waals surface area contributed by atoms with E-state index in [0.717, 1.165) is 12.2 Å². The van der Waals surface area contributed by atoms with Gasteiger partial charge in [0.25, 0.3) is 0 Å². The summed E-state index contributed by atoms with van der Waals surface area (Å²) in [5.41, 5.74) is -1.50. The molecular weight excluding hydrogens is 556 g/mol. The average Bonchev–Trinajstić information content (AvgIpc) is 2.95. The van der Waals surface area contributed by atoms with Crippen LogP contribution in [-0.4, -0.2) is 88.2 Å². The van der Waals surface area contributed by atoms with Gasteiger partial charge < -0.3 is 49.2 Å². The van der Waals surface area contributed by atoms with E-state index in [0.29, 0.717) is 11.1 Å². The first-order chi connectivity index (χ1) is 19.9. The van der Waals surface area contributed by atoms with Gasteiger partial charge in [0.15, 0.2) is 34.7 Å². The largest absolute Gasteiger partial charge is 0.504 e. The Kier molecular flexibility index (Phi) is 10.4. The number of aromatic hydroxyl groups is 3. The van der Waals surface area contributed by atoms with Gasteiger partial charge in [0.1, 0.15) is 6.10 Å². The van der Waals surface area contributed by atoms with Crippen LogP contribution in [-0.2, 0) is 28.6 Å². The predicted molar refractivity (Wildman–Crippen MR) is 146 cm³/mol. The van der Waals surface area contributed by atoms with E-state index < -0.39 is 60.4 Å². The maximum atomic E-state index is 12.7. The van der Waals surface area contributed by atoms with E-state index in [1.54, 1.807) is 0 Å². The summed E-state index contributed by atoms with van der Waals surface area (Å²) in [6, 6.07) is 6.69. The van der Waals surface area contributed by atoms with Crippen molar-refractivity contribution in [2.45, 2.75) is 43.7 Å². The molecule has 1 fully saturated rings. The van der Waals surface area contributed by atoms with Gasteiger partial charge in [-0.25, -0.2) is 14.4 Å². The molecular formula is C29H32O13. The third kappa shape index (κ3) is 7.71. The molecule has 4 atom stereocenters. The van der Waals surface area contributed by atoms with E-state index >= 15 is 0 Å². The van der Waals surface area contributed by atoms with Gasteiger partial charge in [-0.15, -0.1) is 0 Å². The summed E-state index contributed by atoms with van der Waals surface area (Å²) in [6.07, 6.45) is -1.10. The second-order valence-corrected chi connectivity index (χ2v) is 9.29. The lowest BCUT2D eigenvalue weighted by Gasteiger charge is -2.41. The van der Waals surface area contributed by atoms with Crippen molar-refractivity contribution >= 4 is 30.1 Å². The Morgan fingerprint density at radius 2 is 1.48 bits per heavy atom. The second-order valence-electron chi connectivity index (χ2n) is 9.29. The molecule has 0 bridgehead atoms. The third-order valence-corrected chi connectivity index (χ3v) is 6.33. The van der Waals surface area contributed by atoms with Crippen molar-refractivity contribution < 1.29 is 63.6 Å². The van der Waals surface area contributed by atoms with Gasteiger partial charge in [-0.1, -0.05) is 6.07 Å². The summed E-state index contributed by atoms with van der Waals surface area (Å²) >= 11 is 0. The number of esters is 3. The van der Waals surface area contributed by atoms with Crippen molar-refractivity contribution in [3.05, 3.63) is 53.6 Å². The molecule has 13 nitrogen and oxygen atoms in total. The lowest BCUT2D eigenvalue weighted by molar-refractivity contribution is -0.207. The molecule has 0 unspecified atom stereocenters. The number of rotatable bonds is 10. The first-order valence-corrected chi connectivity index (χ1v) is 12.7. The first kappa shape index (κ1) is 31.8. The van der Waals surface area contributed by atoms with Gasteiger partial charge in [-0.2, -0.15) is 0 Å². The van der Waals surface area contributed by atoms with E-state index in [1.807, 2.05) is 0 Å². The van der Waals surface area contributed by atoms with Crippen LogP contribution in [0.25, 0.3) is 12.2 Å². The predicted octanol–water partition coefficient (Wildman–Crippen LogP) is 1.82. The van der Waals surface area contributed by atoms with Crippen molar-refractivity contribution in [2.75, 3.05) is 20.8 Å². The normalized spacial score (nSPS) is 22.1. The molecule has 0 amide bonds. The highest BCUT2D eigenvalue weighted by Gasteiger charge is 2.53. The van der Waals surface area contributed by atoms with Crippen LogP contribution >= 0.6 is 0 Å². The highest BCUT2D eigenvalue weighted by Crippen LogP contribution is 2.38. The van der Waals surface area contributed by atoms with E-state index in [-0.39, 0.29) is 29.6 Å². The Bertz CT molecular complexity index is 1340. The number of phenolic OH excluding ortho intramolecular Hbond substituents is 3. The van der Waals surface area contributed by atoms with E-state index in [4.69, 9.17) is 23.7 Å². The molecule has 0 saturated heterocycles. The molecule has 0 radical (unpaired) electrons. The number of phenols is 3. The van der Waals surface area contributed by atoms with Crippen LogP contribution < -0.4 is 9.47 Å². The fraction of sp³-hybridized carbons (Fsp3) is 0.345. The zero-order valence-electron chi connectivity index (χ0n) is 23.1. The van der Waals surface area contributed by atoms with Crippen molar-refractivity contribution in [1.29, 1.82) is 0 Å². The molecule has 5 N–H and O–H groups in total. The first-order valence-electron chi connectivity index (χ1n) is 12.7. The second kappa shape index (κ2) is 13.7. The Hall–Kier alpha value is -4.75. The average molecular weight is 589 g/mol. The summed E-state index contributed by atoms with van der Waals surface area (Å²) in [4.78, 5) is 37.8. The monoisotopic (exact) mass is 588 g/mol. The molecule has 1 aliphatic rings. The van der Waals surface area contributed by atoms with Crippen molar-refractivity contribution in [2.24, 2.45) is 0 Å². The molecule has 0 spiro atoms. The third-order valence-electron chi connectivity index (χ3n) is 6.33. The minimum Gasteiger partial charge on any atom is -0.504 e. The van der Waals surface area contributed by atoms with Crippen LogP contribution in [0.2, 0.25) is 0 Å². The van der Waals surface area contributed by atoms with Gasteiger partial charge in [0.2, 0.25) is 5.75 Å². The molecule has 1 saturated carbocycles. The Morgan fingerprint density at radius 1 is 0.881 bits per heavy atom. The molecule has 1 aliphatic carbocycles. The number of hydrogen-bond donors (Lipinski definition) is 5. The fourth-order valence-electron chi connectivity index (χ4n) is 4.28. The molecule has 0 heterocycles. The Labute approximate surface area is 240 Å². The molecule has 2 aromatic rings. The van der Waals surface area contributed by atoms with Gasteiger partial charge in [-0.05, 0) is 54.5 Å². The molecule has 13 heteroatoms. The van der Waals surface area contributed by atoms with Gasteiger partial charge in [0.05, 0.1) is 26.9 Å². The topological polar surface area (TPSA) is 199 Å². The summed E-state index contributed by atoms with van der Waals surface area (Å²) in [7, 11) is 2.67. The van der Waals surface area contributed by atoms with Crippen LogP contribution in [0.1, 0.15) is 30.9 Å². The van der Waals surface area contributed by atoms with E-state index in [9.17, 15) is 39.9 Å². The molecule has 42 heavy (non-hydrogen) atoms. The van der Waals surface area contributed by atoms with Crippen LogP contribution in [0.5, 0.6) is 28.7 Å². The fourth-order valence-corrected chi connectivity index (χ4v) is 4.28. The van der Waals surface area contributed by atoms with E-state index in [2.05, 4.69) is 0 Å². The number of ether oxygens (including phenoxy) is 5. The minimum absolute atomic E-state index is 0.0556. The van der Waals surface area contributed by atoms with E-state index in [1.165, 1.54) is 63.6 Å². The van der Waals surface area contributed by atoms with Gasteiger partial charge in [0, 0.05) is 25.0 Å². The summed E-state index contributed by atoms with van der Waals surface area (Å²) in [5, 5.41) is 50.8. The number of carbonyl (C=O) groups is 3. The molecule has 0 aromatic heterocycles. The zero-order chi connectivity index (χ0) is 31.0. The minimum atomic E-state index is -2.23. The quantitative estimate of drug-likeness (QED) is 0.117. The van der Waals surface area contributed by atoms with Crippen molar-refractivity contribution in [3.8, 4) is 28.7 Å². The van der Waals surface area contributed by atoms with Crippen molar-refractivity contribution in [3.63, 3.8) is 0 Å². The molecule has 2 aromatic carbocycles. The van der Waals surface area contributed by atoms with Crippen LogP contribution in [0.4, 0.5) is 0 Å². The SMILES string of the molecule is CCOC(=O)[C@@]1(O)C[C@@H](O)[C@H](OC(=O)/C=C/c2cc(OC)c(O)c(OC)c2)[C@H](OC(=O)/C=C/c2ccc(O)c(O)c2)C1. The zero-order valence-corrected chi connectivity index (χ0v) is 23.1. The molecule has 3 rings (SSSR count). The van der Waals surface area contributed by atoms with Crippen molar-refractivity contribution in [1.82, 2.24) is 0 Å². The van der Waals surface area contributed by atoms with Crippen LogP contribution in [0.3, 0.4) is 0 Å². The number of methoxy groups -OCH3 is 2. The molecule has 226 valence electrons. The van der Waals surface area contributed by atoms with Crippen LogP contribution in [0.15, 0.2) is 42.5 Å². The number of hydrogen-bond acceptors (Lipinski definition) is 13. The number of aliphatic hydroxyl groups excluding tert-OH is 1. The number of carbonyl (C=O) groups excluding carboxylic acids is 3. The summed E-state index contributed by atoms with van der Waals surface area (Å²) < 4.78 is 25.8. The highest BCUT2D eigenvalue weighted by atomic mass is 16.6. The van der Waals surface area contributed by atoms with Crippen LogP contribution in [0, 0.1) is 0 Å². The summed E-state index contributed by atoms with van der Waals surface area (Å²) in [5.74, 6) is -3.80. The highest BCUT2D eigenvalue weighted by molar-refractivity contribution is 5.89. The maximum Gasteiger partial charge on any atom is 0.338 e. The Morgan fingerprint density at radius 3 is 2.05 bits per heavy atom. The standard InChI is InChI=1S/C29H32O13/c1-4-40-28(36)29(37)14-20(32)27(23(15-29)41-24(33)9-6-16-5-8-18(30)19(31)11-16)42-25(34)10-7-17-12-21(38-2)26(35)22(13-17)39-3/h5-13,20,23,27,30-32,35,37H,4,14-15H2,1-3H3/b9-6+,10-7+/t20-,23-,27+,29-/m1/s1. The number of benzene rings is 2. The van der Waals surface area contributed by atoms with Gasteiger partial charge in [-0.3, -0.25) is 0 Å². The molecule has 0 aliphatic heterocycles. The smallest absolute Gasteiger partial charge is 0.338 e. The van der Waals surface area contributed by atoms with Gasteiger partial charge >= 0.3 is 17.9 Å². The maximum absolute atomic E-state index is 12.7. The lowest BCUT2D eigenvalue weighted by atomic mass is 9.79. The lowest BCUT2D eigenvalue weighted by Crippen LogP contribution is -2.58. The number of aliphatic hydroxyl groups is 2. The summed E-state index contributed by atoms with van der Waals surface area (Å²) in [6.45, 7) is 1.47.